The zero-order chi connectivity index (χ0) is 24.4. The molecule has 2 aliphatic heterocycles. The first-order valence-corrected chi connectivity index (χ1v) is 13.3. The van der Waals surface area contributed by atoms with Gasteiger partial charge in [0, 0.05) is 25.3 Å². The maximum atomic E-state index is 13.7. The Morgan fingerprint density at radius 2 is 1.83 bits per heavy atom. The van der Waals surface area contributed by atoms with Gasteiger partial charge in [0.25, 0.3) is 0 Å². The standard InChI is InChI=1S/C27H38N4O4/c1-28-17-24(33)30-21-11-14-35-25-16-27(12-4-5-13-27)22(31(25)26(21)34)15-23(32)29-20-10-6-8-18-7-2-3-9-19(18)20/h2-3,7,9,20-22,25,28H,4-6,8,10-17H2,1H3,(H,29,32)(H,30,33)/t20-,21+,22?,25+/m1/s1. The molecular formula is C27H38N4O4. The average molecular weight is 483 g/mol. The van der Waals surface area contributed by atoms with Gasteiger partial charge in [-0.3, -0.25) is 14.4 Å². The van der Waals surface area contributed by atoms with E-state index in [1.807, 2.05) is 11.0 Å². The van der Waals surface area contributed by atoms with E-state index in [1.165, 1.54) is 11.1 Å². The molecule has 0 bridgehead atoms. The van der Waals surface area contributed by atoms with Crippen molar-refractivity contribution in [2.45, 2.75) is 88.6 Å². The Kier molecular flexibility index (Phi) is 7.12. The molecule has 0 radical (unpaired) electrons. The molecule has 3 N–H and O–H groups in total. The minimum atomic E-state index is -0.617. The Bertz CT molecular complexity index is 960. The zero-order valence-electron chi connectivity index (χ0n) is 20.7. The molecule has 5 rings (SSSR count). The van der Waals surface area contributed by atoms with Crippen molar-refractivity contribution in [2.75, 3.05) is 20.2 Å². The van der Waals surface area contributed by atoms with Crippen LogP contribution in [-0.4, -0.2) is 61.1 Å². The summed E-state index contributed by atoms with van der Waals surface area (Å²) in [4.78, 5) is 41.3. The maximum Gasteiger partial charge on any atom is 0.247 e. The minimum absolute atomic E-state index is 0.00329. The number of aryl methyl sites for hydroxylation is 1. The summed E-state index contributed by atoms with van der Waals surface area (Å²) in [6, 6.07) is 7.56. The van der Waals surface area contributed by atoms with E-state index in [0.29, 0.717) is 13.0 Å². The van der Waals surface area contributed by atoms with E-state index < -0.39 is 6.04 Å². The second-order valence-corrected chi connectivity index (χ2v) is 10.7. The summed E-state index contributed by atoms with van der Waals surface area (Å²) in [5.41, 5.74) is 2.45. The number of ether oxygens (including phenoxy) is 1. The van der Waals surface area contributed by atoms with Crippen LogP contribution in [0.4, 0.5) is 0 Å². The molecule has 1 aromatic rings. The van der Waals surface area contributed by atoms with Gasteiger partial charge in [-0.25, -0.2) is 0 Å². The van der Waals surface area contributed by atoms with Crippen molar-refractivity contribution in [1.82, 2.24) is 20.9 Å². The molecule has 4 atom stereocenters. The van der Waals surface area contributed by atoms with Crippen LogP contribution in [0, 0.1) is 5.41 Å². The quantitative estimate of drug-likeness (QED) is 0.577. The fraction of sp³-hybridized carbons (Fsp3) is 0.667. The molecular weight excluding hydrogens is 444 g/mol. The molecule has 1 aromatic carbocycles. The van der Waals surface area contributed by atoms with Crippen LogP contribution in [0.15, 0.2) is 24.3 Å². The van der Waals surface area contributed by atoms with E-state index in [9.17, 15) is 14.4 Å². The molecule has 3 fully saturated rings. The van der Waals surface area contributed by atoms with Crippen LogP contribution in [0.5, 0.6) is 0 Å². The summed E-state index contributed by atoms with van der Waals surface area (Å²) in [5, 5.41) is 9.01. The average Bonchev–Trinajstić information content (AvgIpc) is 3.39. The van der Waals surface area contributed by atoms with Crippen molar-refractivity contribution >= 4 is 17.7 Å². The largest absolute Gasteiger partial charge is 0.358 e. The summed E-state index contributed by atoms with van der Waals surface area (Å²) in [6.45, 7) is 0.581. The van der Waals surface area contributed by atoms with Gasteiger partial charge in [-0.2, -0.15) is 0 Å². The van der Waals surface area contributed by atoms with Crippen molar-refractivity contribution in [2.24, 2.45) is 5.41 Å². The van der Waals surface area contributed by atoms with Crippen molar-refractivity contribution in [3.63, 3.8) is 0 Å². The van der Waals surface area contributed by atoms with Gasteiger partial charge in [-0.15, -0.1) is 0 Å². The number of likely N-dealkylation sites (N-methyl/N-ethyl adjacent to an activating group) is 1. The first kappa shape index (κ1) is 24.3. The molecule has 190 valence electrons. The predicted octanol–water partition coefficient (Wildman–Crippen LogP) is 2.18. The molecule has 35 heavy (non-hydrogen) atoms. The predicted molar refractivity (Wildman–Crippen MR) is 131 cm³/mol. The highest BCUT2D eigenvalue weighted by atomic mass is 16.5. The lowest BCUT2D eigenvalue weighted by Crippen LogP contribution is -2.54. The Hall–Kier alpha value is -2.45. The lowest BCUT2D eigenvalue weighted by atomic mass is 9.76. The molecule has 2 saturated heterocycles. The third-order valence-corrected chi connectivity index (χ3v) is 8.56. The number of nitrogens with one attached hydrogen (secondary N) is 3. The van der Waals surface area contributed by atoms with Crippen molar-refractivity contribution in [3.05, 3.63) is 35.4 Å². The number of carbonyl (C=O) groups excluding carboxylic acids is 3. The van der Waals surface area contributed by atoms with Gasteiger partial charge in [-0.05, 0) is 55.7 Å². The SMILES string of the molecule is CNCC(=O)N[C@H]1CCO[C@H]2CC3(CCCC3)C(CC(=O)N[C@@H]3CCCc4ccccc43)N2C1=O. The summed E-state index contributed by atoms with van der Waals surface area (Å²) in [5.74, 6) is -0.317. The van der Waals surface area contributed by atoms with Crippen molar-refractivity contribution < 1.29 is 19.1 Å². The number of hydrogen-bond acceptors (Lipinski definition) is 5. The highest BCUT2D eigenvalue weighted by Crippen LogP contribution is 2.54. The third-order valence-electron chi connectivity index (χ3n) is 8.56. The first-order valence-electron chi connectivity index (χ1n) is 13.3. The van der Waals surface area contributed by atoms with E-state index in [2.05, 4.69) is 34.1 Å². The molecule has 0 aromatic heterocycles. The number of carbonyl (C=O) groups is 3. The Labute approximate surface area is 207 Å². The van der Waals surface area contributed by atoms with Crippen LogP contribution in [0.1, 0.15) is 75.0 Å². The summed E-state index contributed by atoms with van der Waals surface area (Å²) in [6.07, 6.45) is 8.49. The second-order valence-electron chi connectivity index (χ2n) is 10.7. The molecule has 8 nitrogen and oxygen atoms in total. The van der Waals surface area contributed by atoms with Gasteiger partial charge in [0.1, 0.15) is 12.3 Å². The maximum absolute atomic E-state index is 13.7. The zero-order valence-corrected chi connectivity index (χ0v) is 20.7. The van der Waals surface area contributed by atoms with E-state index in [-0.39, 0.29) is 54.4 Å². The van der Waals surface area contributed by atoms with Gasteiger partial charge >= 0.3 is 0 Å². The number of fused-ring (bicyclic) bond motifs is 2. The summed E-state index contributed by atoms with van der Waals surface area (Å²) >= 11 is 0. The minimum Gasteiger partial charge on any atom is -0.358 e. The highest BCUT2D eigenvalue weighted by Gasteiger charge is 2.57. The number of benzene rings is 1. The van der Waals surface area contributed by atoms with Crippen molar-refractivity contribution in [1.29, 1.82) is 0 Å². The van der Waals surface area contributed by atoms with E-state index in [0.717, 1.165) is 51.4 Å². The van der Waals surface area contributed by atoms with Gasteiger partial charge in [-0.1, -0.05) is 37.1 Å². The van der Waals surface area contributed by atoms with E-state index >= 15 is 0 Å². The first-order chi connectivity index (χ1) is 17.0. The molecule has 1 unspecified atom stereocenters. The van der Waals surface area contributed by atoms with Crippen molar-refractivity contribution in [3.8, 4) is 0 Å². The molecule has 2 heterocycles. The second kappa shape index (κ2) is 10.3. The molecule has 2 aliphatic carbocycles. The molecule has 8 heteroatoms. The van der Waals surface area contributed by atoms with Crippen LogP contribution in [-0.2, 0) is 25.5 Å². The summed E-state index contributed by atoms with van der Waals surface area (Å²) in [7, 11) is 1.71. The smallest absolute Gasteiger partial charge is 0.247 e. The monoisotopic (exact) mass is 482 g/mol. The Balaban J connectivity index is 1.35. The number of amides is 3. The number of rotatable bonds is 6. The van der Waals surface area contributed by atoms with Gasteiger partial charge < -0.3 is 25.6 Å². The highest BCUT2D eigenvalue weighted by molar-refractivity contribution is 5.89. The fourth-order valence-corrected chi connectivity index (χ4v) is 6.94. The van der Waals surface area contributed by atoms with E-state index in [1.54, 1.807) is 7.05 Å². The topological polar surface area (TPSA) is 99.8 Å². The Morgan fingerprint density at radius 1 is 1.06 bits per heavy atom. The van der Waals surface area contributed by atoms with Gasteiger partial charge in [0.2, 0.25) is 17.7 Å². The summed E-state index contributed by atoms with van der Waals surface area (Å²) < 4.78 is 6.17. The van der Waals surface area contributed by atoms with Crippen LogP contribution in [0.2, 0.25) is 0 Å². The normalized spacial score (nSPS) is 29.4. The molecule has 4 aliphatic rings. The van der Waals surface area contributed by atoms with Gasteiger partial charge in [0.05, 0.1) is 19.2 Å². The lowest BCUT2D eigenvalue weighted by molar-refractivity contribution is -0.145. The fourth-order valence-electron chi connectivity index (χ4n) is 6.94. The van der Waals surface area contributed by atoms with E-state index in [4.69, 9.17) is 4.74 Å². The van der Waals surface area contributed by atoms with Crippen LogP contribution >= 0.6 is 0 Å². The lowest BCUT2D eigenvalue weighted by Gasteiger charge is -2.36. The van der Waals surface area contributed by atoms with Gasteiger partial charge in [0.15, 0.2) is 0 Å². The van der Waals surface area contributed by atoms with Crippen LogP contribution in [0.3, 0.4) is 0 Å². The molecule has 1 spiro atoms. The molecule has 1 saturated carbocycles. The molecule has 3 amide bonds. The van der Waals surface area contributed by atoms with Crippen LogP contribution < -0.4 is 16.0 Å². The van der Waals surface area contributed by atoms with Crippen LogP contribution in [0.25, 0.3) is 0 Å². The Morgan fingerprint density at radius 3 is 2.63 bits per heavy atom. The third kappa shape index (κ3) is 4.83. The number of hydrogen-bond donors (Lipinski definition) is 3. The number of nitrogens with zero attached hydrogens (tertiary/aromatic N) is 1.